The summed E-state index contributed by atoms with van der Waals surface area (Å²) in [6.07, 6.45) is 7.04. The minimum atomic E-state index is -0.255. The van der Waals surface area contributed by atoms with Crippen LogP contribution < -0.4 is 5.32 Å². The molecule has 1 aromatic carbocycles. The van der Waals surface area contributed by atoms with Crippen LogP contribution in [0.15, 0.2) is 30.3 Å². The van der Waals surface area contributed by atoms with Crippen molar-refractivity contribution in [2.24, 2.45) is 5.92 Å². The summed E-state index contributed by atoms with van der Waals surface area (Å²) >= 11 is 0. The maximum absolute atomic E-state index is 12.9. The Hall–Kier alpha value is -1.35. The van der Waals surface area contributed by atoms with Gasteiger partial charge in [0.2, 0.25) is 5.91 Å². The number of benzene rings is 1. The summed E-state index contributed by atoms with van der Waals surface area (Å²) in [5, 5.41) is 3.69. The van der Waals surface area contributed by atoms with Crippen molar-refractivity contribution in [3.63, 3.8) is 0 Å². The van der Waals surface area contributed by atoms with E-state index in [1.165, 1.54) is 31.2 Å². The van der Waals surface area contributed by atoms with E-state index in [1.54, 1.807) is 0 Å². The van der Waals surface area contributed by atoms with Crippen LogP contribution >= 0.6 is 0 Å². The van der Waals surface area contributed by atoms with Gasteiger partial charge in [-0.1, -0.05) is 43.2 Å². The van der Waals surface area contributed by atoms with E-state index < -0.39 is 0 Å². The van der Waals surface area contributed by atoms with Crippen molar-refractivity contribution >= 4 is 5.91 Å². The van der Waals surface area contributed by atoms with Gasteiger partial charge in [0, 0.05) is 6.54 Å². The van der Waals surface area contributed by atoms with E-state index in [0.717, 1.165) is 25.3 Å². The molecule has 0 bridgehead atoms. The third kappa shape index (κ3) is 1.96. The number of nitrogens with one attached hydrogen (secondary N) is 1. The predicted molar refractivity (Wildman–Crippen MR) is 78.0 cm³/mol. The predicted octanol–water partition coefficient (Wildman–Crippen LogP) is 2.84. The van der Waals surface area contributed by atoms with E-state index in [4.69, 9.17) is 0 Å². The summed E-state index contributed by atoms with van der Waals surface area (Å²) in [4.78, 5) is 15.1. The molecular formula is C17H22N2O. The molecule has 3 aliphatic rings. The van der Waals surface area contributed by atoms with Crippen LogP contribution in [0, 0.1) is 5.92 Å². The summed E-state index contributed by atoms with van der Waals surface area (Å²) in [5.74, 6) is 1.10. The summed E-state index contributed by atoms with van der Waals surface area (Å²) in [5.41, 5.74) is 0.973. The number of carbonyl (C=O) groups excluding carboxylic acids is 1. The van der Waals surface area contributed by atoms with Crippen LogP contribution in [0.25, 0.3) is 0 Å². The fourth-order valence-electron chi connectivity index (χ4n) is 3.80. The SMILES string of the molecule is O=C1N(CC2CC2)C(c2ccccc2)NC12CCCC2. The van der Waals surface area contributed by atoms with Crippen LogP contribution in [0.4, 0.5) is 0 Å². The Kier molecular flexibility index (Phi) is 2.84. The van der Waals surface area contributed by atoms with Crippen LogP contribution in [0.1, 0.15) is 50.3 Å². The number of rotatable bonds is 3. The van der Waals surface area contributed by atoms with Crippen LogP contribution in [0.3, 0.4) is 0 Å². The van der Waals surface area contributed by atoms with Crippen LogP contribution in [-0.2, 0) is 4.79 Å². The molecule has 106 valence electrons. The maximum Gasteiger partial charge on any atom is 0.244 e. The molecule has 20 heavy (non-hydrogen) atoms. The quantitative estimate of drug-likeness (QED) is 0.916. The molecule has 2 saturated carbocycles. The standard InChI is InChI=1S/C17H22N2O/c20-16-17(10-4-5-11-17)18-15(14-6-2-1-3-7-14)19(16)12-13-8-9-13/h1-3,6-7,13,15,18H,4-5,8-12H2. The molecule has 3 heteroatoms. The molecule has 1 unspecified atom stereocenters. The third-order valence-corrected chi connectivity index (χ3v) is 5.12. The molecule has 1 spiro atoms. The Bertz CT molecular complexity index is 503. The highest BCUT2D eigenvalue weighted by Gasteiger charge is 2.53. The first-order valence-corrected chi connectivity index (χ1v) is 7.92. The van der Waals surface area contributed by atoms with Gasteiger partial charge in [-0.25, -0.2) is 0 Å². The van der Waals surface area contributed by atoms with Gasteiger partial charge in [0.15, 0.2) is 0 Å². The van der Waals surface area contributed by atoms with E-state index in [9.17, 15) is 4.79 Å². The lowest BCUT2D eigenvalue weighted by Crippen LogP contribution is -2.44. The average Bonchev–Trinajstić information content (AvgIpc) is 3.11. The number of hydrogen-bond donors (Lipinski definition) is 1. The number of carbonyl (C=O) groups is 1. The highest BCUT2D eigenvalue weighted by Crippen LogP contribution is 2.43. The minimum Gasteiger partial charge on any atom is -0.321 e. The van der Waals surface area contributed by atoms with Gasteiger partial charge in [-0.05, 0) is 37.2 Å². The highest BCUT2D eigenvalue weighted by atomic mass is 16.2. The first-order valence-electron chi connectivity index (χ1n) is 7.92. The molecule has 2 aliphatic carbocycles. The van der Waals surface area contributed by atoms with Gasteiger partial charge in [-0.15, -0.1) is 0 Å². The molecule has 3 fully saturated rings. The van der Waals surface area contributed by atoms with Crippen molar-refractivity contribution in [1.29, 1.82) is 0 Å². The van der Waals surface area contributed by atoms with E-state index >= 15 is 0 Å². The summed E-state index contributed by atoms with van der Waals surface area (Å²) in [7, 11) is 0. The van der Waals surface area contributed by atoms with Gasteiger partial charge in [-0.3, -0.25) is 10.1 Å². The normalized spacial score (nSPS) is 28.5. The highest BCUT2D eigenvalue weighted by molar-refractivity contribution is 5.89. The number of nitrogens with zero attached hydrogens (tertiary/aromatic N) is 1. The van der Waals surface area contributed by atoms with Crippen LogP contribution in [-0.4, -0.2) is 22.9 Å². The smallest absolute Gasteiger partial charge is 0.244 e. The second-order valence-corrected chi connectivity index (χ2v) is 6.65. The van der Waals surface area contributed by atoms with Crippen molar-refractivity contribution in [3.05, 3.63) is 35.9 Å². The van der Waals surface area contributed by atoms with Gasteiger partial charge in [0.1, 0.15) is 6.17 Å². The molecule has 1 heterocycles. The summed E-state index contributed by atoms with van der Waals surface area (Å²) in [6.45, 7) is 0.938. The van der Waals surface area contributed by atoms with Crippen molar-refractivity contribution < 1.29 is 4.79 Å². The molecular weight excluding hydrogens is 248 g/mol. The van der Waals surface area contributed by atoms with E-state index in [-0.39, 0.29) is 11.7 Å². The minimum absolute atomic E-state index is 0.0856. The van der Waals surface area contributed by atoms with Gasteiger partial charge >= 0.3 is 0 Å². The molecule has 4 rings (SSSR count). The Morgan fingerprint density at radius 3 is 2.50 bits per heavy atom. The Balaban J connectivity index is 1.66. The first-order chi connectivity index (χ1) is 9.78. The van der Waals surface area contributed by atoms with Crippen molar-refractivity contribution in [2.75, 3.05) is 6.54 Å². The fourth-order valence-corrected chi connectivity index (χ4v) is 3.80. The van der Waals surface area contributed by atoms with E-state index in [0.29, 0.717) is 5.91 Å². The maximum atomic E-state index is 12.9. The number of hydrogen-bond acceptors (Lipinski definition) is 2. The van der Waals surface area contributed by atoms with Crippen LogP contribution in [0.2, 0.25) is 0 Å². The largest absolute Gasteiger partial charge is 0.321 e. The lowest BCUT2D eigenvalue weighted by atomic mass is 9.98. The van der Waals surface area contributed by atoms with E-state index in [2.05, 4.69) is 34.5 Å². The zero-order valence-electron chi connectivity index (χ0n) is 11.8. The van der Waals surface area contributed by atoms with Crippen molar-refractivity contribution in [1.82, 2.24) is 10.2 Å². The summed E-state index contributed by atoms with van der Waals surface area (Å²) < 4.78 is 0. The Morgan fingerprint density at radius 2 is 1.85 bits per heavy atom. The second kappa shape index (κ2) is 4.59. The van der Waals surface area contributed by atoms with E-state index in [1.807, 2.05) is 6.07 Å². The zero-order chi connectivity index (χ0) is 13.6. The lowest BCUT2D eigenvalue weighted by Gasteiger charge is -2.24. The van der Waals surface area contributed by atoms with Crippen molar-refractivity contribution in [2.45, 2.75) is 50.2 Å². The monoisotopic (exact) mass is 270 g/mol. The van der Waals surface area contributed by atoms with Crippen molar-refractivity contribution in [3.8, 4) is 0 Å². The second-order valence-electron chi connectivity index (χ2n) is 6.65. The van der Waals surface area contributed by atoms with Gasteiger partial charge in [0.25, 0.3) is 0 Å². The number of amides is 1. The van der Waals surface area contributed by atoms with Crippen LogP contribution in [0.5, 0.6) is 0 Å². The zero-order valence-corrected chi connectivity index (χ0v) is 11.8. The van der Waals surface area contributed by atoms with Gasteiger partial charge in [-0.2, -0.15) is 0 Å². The fraction of sp³-hybridized carbons (Fsp3) is 0.588. The lowest BCUT2D eigenvalue weighted by molar-refractivity contribution is -0.133. The molecule has 0 aromatic heterocycles. The average molecular weight is 270 g/mol. The molecule has 1 aliphatic heterocycles. The topological polar surface area (TPSA) is 32.3 Å². The van der Waals surface area contributed by atoms with Gasteiger partial charge < -0.3 is 4.90 Å². The first kappa shape index (κ1) is 12.4. The van der Waals surface area contributed by atoms with Gasteiger partial charge in [0.05, 0.1) is 5.54 Å². The summed E-state index contributed by atoms with van der Waals surface area (Å²) in [6, 6.07) is 10.4. The molecule has 1 aromatic rings. The molecule has 0 radical (unpaired) electrons. The molecule has 1 atom stereocenters. The Morgan fingerprint density at radius 1 is 1.15 bits per heavy atom. The third-order valence-electron chi connectivity index (χ3n) is 5.12. The molecule has 1 saturated heterocycles. The molecule has 1 N–H and O–H groups in total. The Labute approximate surface area is 120 Å². The molecule has 1 amide bonds. The molecule has 3 nitrogen and oxygen atoms in total.